The third kappa shape index (κ3) is 3.93. The molecule has 7 heteroatoms. The first kappa shape index (κ1) is 17.9. The van der Waals surface area contributed by atoms with Crippen molar-refractivity contribution in [1.29, 1.82) is 0 Å². The molecule has 2 aromatic heterocycles. The third-order valence-electron chi connectivity index (χ3n) is 4.88. The molecular weight excluding hydrogens is 406 g/mol. The number of nitrogens with one attached hydrogen (secondary N) is 1. The predicted octanol–water partition coefficient (Wildman–Crippen LogP) is 3.89. The molecular formula is C20H20BrN5O. The number of piperidine rings is 1. The fourth-order valence-corrected chi connectivity index (χ4v) is 3.73. The first-order valence-electron chi connectivity index (χ1n) is 9.08. The lowest BCUT2D eigenvalue weighted by molar-refractivity contribution is 0.0630. The summed E-state index contributed by atoms with van der Waals surface area (Å²) in [5.74, 6) is 0.641. The highest BCUT2D eigenvalue weighted by Crippen LogP contribution is 2.23. The number of hydrogen-bond acceptors (Lipinski definition) is 5. The minimum absolute atomic E-state index is 0.0665. The van der Waals surface area contributed by atoms with Crippen molar-refractivity contribution in [2.75, 3.05) is 18.4 Å². The summed E-state index contributed by atoms with van der Waals surface area (Å²) in [4.78, 5) is 28.2. The highest BCUT2D eigenvalue weighted by molar-refractivity contribution is 9.10. The zero-order valence-corrected chi connectivity index (χ0v) is 16.4. The minimum atomic E-state index is 0.0665. The molecule has 27 heavy (non-hydrogen) atoms. The molecule has 4 rings (SSSR count). The summed E-state index contributed by atoms with van der Waals surface area (Å²) in [6.07, 6.45) is 8.25. The quantitative estimate of drug-likeness (QED) is 0.686. The molecule has 1 aliphatic rings. The monoisotopic (exact) mass is 425 g/mol. The molecule has 0 bridgehead atoms. The maximum atomic E-state index is 13.3. The van der Waals surface area contributed by atoms with E-state index in [0.717, 1.165) is 41.2 Å². The van der Waals surface area contributed by atoms with Gasteiger partial charge in [-0.3, -0.25) is 9.78 Å². The van der Waals surface area contributed by atoms with Gasteiger partial charge in [0.25, 0.3) is 5.91 Å². The van der Waals surface area contributed by atoms with Crippen molar-refractivity contribution in [3.05, 3.63) is 59.0 Å². The van der Waals surface area contributed by atoms with E-state index < -0.39 is 0 Å². The molecule has 138 valence electrons. The Balaban J connectivity index is 1.54. The van der Waals surface area contributed by atoms with Crippen LogP contribution in [-0.4, -0.2) is 44.9 Å². The van der Waals surface area contributed by atoms with Crippen LogP contribution in [0.4, 0.5) is 5.95 Å². The Labute approximate surface area is 166 Å². The van der Waals surface area contributed by atoms with E-state index in [2.05, 4.69) is 36.2 Å². The number of para-hydroxylation sites is 1. The Morgan fingerprint density at radius 1 is 1.15 bits per heavy atom. The van der Waals surface area contributed by atoms with Crippen molar-refractivity contribution in [2.45, 2.75) is 25.3 Å². The van der Waals surface area contributed by atoms with Crippen LogP contribution in [-0.2, 0) is 0 Å². The number of benzene rings is 1. The Morgan fingerprint density at radius 2 is 1.96 bits per heavy atom. The predicted molar refractivity (Wildman–Crippen MR) is 109 cm³/mol. The van der Waals surface area contributed by atoms with E-state index in [9.17, 15) is 4.79 Å². The number of pyridine rings is 1. The van der Waals surface area contributed by atoms with Crippen LogP contribution >= 0.6 is 15.9 Å². The Hall–Kier alpha value is -2.54. The number of aromatic nitrogens is 3. The number of likely N-dealkylation sites (tertiary alicyclic amines) is 1. The molecule has 3 heterocycles. The summed E-state index contributed by atoms with van der Waals surface area (Å²) < 4.78 is 0.840. The van der Waals surface area contributed by atoms with Gasteiger partial charge in [0, 0.05) is 43.1 Å². The van der Waals surface area contributed by atoms with Crippen LogP contribution in [0, 0.1) is 0 Å². The maximum Gasteiger partial charge on any atom is 0.254 e. The van der Waals surface area contributed by atoms with Crippen molar-refractivity contribution < 1.29 is 4.79 Å². The number of nitrogens with zero attached hydrogens (tertiary/aromatic N) is 4. The molecule has 0 spiro atoms. The van der Waals surface area contributed by atoms with Crippen molar-refractivity contribution >= 4 is 38.7 Å². The summed E-state index contributed by atoms with van der Waals surface area (Å²) >= 11 is 3.34. The normalized spacial score (nSPS) is 17.1. The average molecular weight is 426 g/mol. The fraction of sp³-hybridized carbons (Fsp3) is 0.300. The third-order valence-corrected chi connectivity index (χ3v) is 5.29. The molecule has 6 nitrogen and oxygen atoms in total. The molecule has 1 atom stereocenters. The number of rotatable bonds is 4. The second-order valence-corrected chi connectivity index (χ2v) is 7.55. The van der Waals surface area contributed by atoms with E-state index in [0.29, 0.717) is 18.1 Å². The smallest absolute Gasteiger partial charge is 0.254 e. The minimum Gasteiger partial charge on any atom is -0.352 e. The summed E-state index contributed by atoms with van der Waals surface area (Å²) in [7, 11) is 0. The van der Waals surface area contributed by atoms with Crippen LogP contribution in [0.2, 0.25) is 0 Å². The summed E-state index contributed by atoms with van der Waals surface area (Å²) in [5, 5.41) is 4.17. The topological polar surface area (TPSA) is 71.0 Å². The second-order valence-electron chi connectivity index (χ2n) is 6.63. The van der Waals surface area contributed by atoms with Gasteiger partial charge in [0.2, 0.25) is 5.95 Å². The highest BCUT2D eigenvalue weighted by Gasteiger charge is 2.28. The van der Waals surface area contributed by atoms with Crippen molar-refractivity contribution in [3.63, 3.8) is 0 Å². The molecule has 1 saturated heterocycles. The van der Waals surface area contributed by atoms with Gasteiger partial charge in [0.1, 0.15) is 0 Å². The van der Waals surface area contributed by atoms with Gasteiger partial charge >= 0.3 is 0 Å². The van der Waals surface area contributed by atoms with Gasteiger partial charge in [0.05, 0.1) is 15.6 Å². The largest absolute Gasteiger partial charge is 0.352 e. The van der Waals surface area contributed by atoms with Crippen molar-refractivity contribution in [2.24, 2.45) is 0 Å². The molecule has 1 aliphatic heterocycles. The second kappa shape index (κ2) is 8.00. The number of anilines is 1. The van der Waals surface area contributed by atoms with E-state index in [1.807, 2.05) is 35.2 Å². The van der Waals surface area contributed by atoms with Gasteiger partial charge < -0.3 is 10.2 Å². The Bertz CT molecular complexity index is 941. The molecule has 1 amide bonds. The zero-order chi connectivity index (χ0) is 18.6. The first-order chi connectivity index (χ1) is 13.2. The summed E-state index contributed by atoms with van der Waals surface area (Å²) in [6, 6.07) is 9.72. The lowest BCUT2D eigenvalue weighted by Crippen LogP contribution is -2.47. The maximum absolute atomic E-state index is 13.3. The molecule has 0 radical (unpaired) electrons. The summed E-state index contributed by atoms with van der Waals surface area (Å²) in [6.45, 7) is 1.40. The van der Waals surface area contributed by atoms with Gasteiger partial charge in [-0.2, -0.15) is 0 Å². The molecule has 0 saturated carbocycles. The van der Waals surface area contributed by atoms with Crippen LogP contribution in [0.1, 0.15) is 29.6 Å². The molecule has 0 unspecified atom stereocenters. The zero-order valence-electron chi connectivity index (χ0n) is 14.8. The van der Waals surface area contributed by atoms with Crippen LogP contribution < -0.4 is 5.32 Å². The number of amides is 1. The Kier molecular flexibility index (Phi) is 5.29. The lowest BCUT2D eigenvalue weighted by atomic mass is 9.99. The number of carbonyl (C=O) groups excluding carboxylic acids is 1. The average Bonchev–Trinajstić information content (AvgIpc) is 2.73. The van der Waals surface area contributed by atoms with Crippen molar-refractivity contribution in [1.82, 2.24) is 19.9 Å². The molecule has 0 aliphatic carbocycles. The van der Waals surface area contributed by atoms with Gasteiger partial charge in [-0.15, -0.1) is 0 Å². The number of hydrogen-bond donors (Lipinski definition) is 1. The molecule has 1 fully saturated rings. The first-order valence-corrected chi connectivity index (χ1v) is 9.88. The summed E-state index contributed by atoms with van der Waals surface area (Å²) in [5.41, 5.74) is 1.56. The van der Waals surface area contributed by atoms with Gasteiger partial charge in [-0.05, 0) is 47.3 Å². The number of halogens is 1. The van der Waals surface area contributed by atoms with E-state index in [1.165, 1.54) is 0 Å². The SMILES string of the molecule is O=C(c1ccnc2ccccc12)N1CCCC[C@H]1CNc1ncc(Br)cn1. The van der Waals surface area contributed by atoms with Crippen LogP contribution in [0.15, 0.2) is 53.4 Å². The van der Waals surface area contributed by atoms with E-state index in [1.54, 1.807) is 18.6 Å². The fourth-order valence-electron chi connectivity index (χ4n) is 3.53. The highest BCUT2D eigenvalue weighted by atomic mass is 79.9. The molecule has 3 aromatic rings. The van der Waals surface area contributed by atoms with Gasteiger partial charge in [-0.25, -0.2) is 9.97 Å². The van der Waals surface area contributed by atoms with Gasteiger partial charge in [-0.1, -0.05) is 18.2 Å². The number of fused-ring (bicyclic) bond motifs is 1. The van der Waals surface area contributed by atoms with E-state index in [-0.39, 0.29) is 11.9 Å². The van der Waals surface area contributed by atoms with E-state index in [4.69, 9.17) is 0 Å². The molecule has 1 aromatic carbocycles. The Morgan fingerprint density at radius 3 is 2.81 bits per heavy atom. The van der Waals surface area contributed by atoms with Crippen LogP contribution in [0.3, 0.4) is 0 Å². The molecule has 1 N–H and O–H groups in total. The standard InChI is InChI=1S/C20H20BrN5O/c21-14-11-23-20(24-12-14)25-13-15-5-3-4-10-26(15)19(27)17-8-9-22-18-7-2-1-6-16(17)18/h1-2,6-9,11-12,15H,3-5,10,13H2,(H,23,24,25)/t15-/m0/s1. The van der Waals surface area contributed by atoms with Gasteiger partial charge in [0.15, 0.2) is 0 Å². The lowest BCUT2D eigenvalue weighted by Gasteiger charge is -2.36. The van der Waals surface area contributed by atoms with E-state index >= 15 is 0 Å². The van der Waals surface area contributed by atoms with Crippen LogP contribution in [0.25, 0.3) is 10.9 Å². The van der Waals surface area contributed by atoms with Crippen LogP contribution in [0.5, 0.6) is 0 Å². The van der Waals surface area contributed by atoms with Crippen molar-refractivity contribution in [3.8, 4) is 0 Å². The number of carbonyl (C=O) groups is 1.